The van der Waals surface area contributed by atoms with Crippen molar-refractivity contribution in [2.24, 2.45) is 0 Å². The summed E-state index contributed by atoms with van der Waals surface area (Å²) < 4.78 is 90.6. The Morgan fingerprint density at radius 3 is 1.32 bits per heavy atom. The van der Waals surface area contributed by atoms with Crippen LogP contribution in [0.25, 0.3) is 0 Å². The van der Waals surface area contributed by atoms with Crippen LogP contribution in [-0.4, -0.2) is 18.0 Å². The minimum atomic E-state index is -6.35. The highest BCUT2D eigenvalue weighted by Crippen LogP contribution is 2.54. The third-order valence-corrected chi connectivity index (χ3v) is 5.37. The van der Waals surface area contributed by atoms with E-state index in [2.05, 4.69) is 0 Å². The average molecular weight is 476 g/mol. The molecule has 0 saturated heterocycles. The normalized spacial score (nSPS) is 13.8. The highest BCUT2D eigenvalue weighted by molar-refractivity contribution is 14.1. The summed E-state index contributed by atoms with van der Waals surface area (Å²) in [5, 5.41) is 0. The van der Waals surface area contributed by atoms with Gasteiger partial charge in [0.2, 0.25) is 0 Å². The van der Waals surface area contributed by atoms with E-state index in [1.54, 1.807) is 12.1 Å². The molecule has 0 nitrogen and oxygen atoms in total. The Morgan fingerprint density at radius 1 is 0.640 bits per heavy atom. The molecule has 136 valence electrons. The van der Waals surface area contributed by atoms with Crippen molar-refractivity contribution in [2.75, 3.05) is 0 Å². The van der Waals surface area contributed by atoms with Crippen molar-refractivity contribution in [3.63, 3.8) is 0 Å². The minimum Gasteiger partial charge on any atom is -0.199 e. The first kappa shape index (κ1) is 20.0. The molecule has 0 aromatic heterocycles. The van der Waals surface area contributed by atoms with E-state index in [4.69, 9.17) is 0 Å². The SMILES string of the molecule is FC(F)(F)C(F)(F)C(F)(F)CC(I)(c1ccccc1)c1ccccc1. The minimum absolute atomic E-state index is 0.208. The fourth-order valence-corrected chi connectivity index (χ4v) is 3.60. The second kappa shape index (κ2) is 6.77. The molecule has 0 unspecified atom stereocenters. The van der Waals surface area contributed by atoms with Crippen LogP contribution in [0.3, 0.4) is 0 Å². The number of benzene rings is 2. The maximum Gasteiger partial charge on any atom is 0.459 e. The van der Waals surface area contributed by atoms with Crippen molar-refractivity contribution in [3.8, 4) is 0 Å². The van der Waals surface area contributed by atoms with Gasteiger partial charge in [0.15, 0.2) is 0 Å². The quantitative estimate of drug-likeness (QED) is 0.260. The predicted octanol–water partition coefficient (Wildman–Crippen LogP) is 6.59. The van der Waals surface area contributed by atoms with E-state index in [-0.39, 0.29) is 11.1 Å². The smallest absolute Gasteiger partial charge is 0.199 e. The van der Waals surface area contributed by atoms with Crippen LogP contribution in [0, 0.1) is 0 Å². The fourth-order valence-electron chi connectivity index (χ4n) is 2.40. The summed E-state index contributed by atoms with van der Waals surface area (Å²) in [6, 6.07) is 14.9. The Kier molecular flexibility index (Phi) is 5.42. The maximum absolute atomic E-state index is 14.1. The van der Waals surface area contributed by atoms with Crippen molar-refractivity contribution in [3.05, 3.63) is 71.8 Å². The summed E-state index contributed by atoms with van der Waals surface area (Å²) in [6.45, 7) is 0. The van der Waals surface area contributed by atoms with E-state index in [1.165, 1.54) is 71.1 Å². The Balaban J connectivity index is 2.55. The molecule has 25 heavy (non-hydrogen) atoms. The first-order valence-corrected chi connectivity index (χ1v) is 8.12. The molecular formula is C17H12F7I. The topological polar surface area (TPSA) is 0 Å². The summed E-state index contributed by atoms with van der Waals surface area (Å²) in [4.78, 5) is 0. The molecule has 0 fully saturated rings. The molecule has 2 rings (SSSR count). The van der Waals surface area contributed by atoms with Gasteiger partial charge in [-0.2, -0.15) is 30.7 Å². The van der Waals surface area contributed by atoms with Gasteiger partial charge in [0.05, 0.1) is 3.42 Å². The van der Waals surface area contributed by atoms with Gasteiger partial charge in [0.1, 0.15) is 0 Å². The molecule has 0 aliphatic rings. The van der Waals surface area contributed by atoms with Gasteiger partial charge in [0, 0.05) is 6.42 Å². The number of alkyl halides is 8. The van der Waals surface area contributed by atoms with Crippen molar-refractivity contribution < 1.29 is 30.7 Å². The zero-order valence-corrected chi connectivity index (χ0v) is 14.7. The molecule has 0 radical (unpaired) electrons. The molecule has 0 bridgehead atoms. The van der Waals surface area contributed by atoms with Gasteiger partial charge in [-0.15, -0.1) is 0 Å². The van der Waals surface area contributed by atoms with Crippen LogP contribution in [0.4, 0.5) is 30.7 Å². The van der Waals surface area contributed by atoms with Gasteiger partial charge < -0.3 is 0 Å². The standard InChI is InChI=1S/C17H12F7I/c18-15(19,16(20,21)17(22,23)24)11-14(25,12-7-3-1-4-8-12)13-9-5-2-6-10-13/h1-10H,11H2. The molecule has 0 saturated carbocycles. The van der Waals surface area contributed by atoms with Gasteiger partial charge in [-0.25, -0.2) is 0 Å². The molecule has 0 heterocycles. The van der Waals surface area contributed by atoms with Crippen LogP contribution >= 0.6 is 22.6 Å². The molecule has 0 amide bonds. The van der Waals surface area contributed by atoms with E-state index in [9.17, 15) is 30.7 Å². The molecule has 2 aromatic rings. The molecule has 0 aliphatic heterocycles. The maximum atomic E-state index is 14.1. The number of hydrogen-bond donors (Lipinski definition) is 0. The number of rotatable bonds is 5. The van der Waals surface area contributed by atoms with E-state index >= 15 is 0 Å². The van der Waals surface area contributed by atoms with Crippen LogP contribution < -0.4 is 0 Å². The Morgan fingerprint density at radius 2 is 1.00 bits per heavy atom. The number of hydrogen-bond acceptors (Lipinski definition) is 0. The highest BCUT2D eigenvalue weighted by Gasteiger charge is 2.73. The lowest BCUT2D eigenvalue weighted by Gasteiger charge is -2.36. The van der Waals surface area contributed by atoms with Gasteiger partial charge in [-0.3, -0.25) is 0 Å². The van der Waals surface area contributed by atoms with Crippen molar-refractivity contribution >= 4 is 22.6 Å². The van der Waals surface area contributed by atoms with Gasteiger partial charge in [-0.1, -0.05) is 83.3 Å². The predicted molar refractivity (Wildman–Crippen MR) is 88.3 cm³/mol. The highest BCUT2D eigenvalue weighted by atomic mass is 127. The van der Waals surface area contributed by atoms with Crippen LogP contribution in [0.15, 0.2) is 60.7 Å². The van der Waals surface area contributed by atoms with Gasteiger partial charge in [-0.05, 0) is 11.1 Å². The molecule has 0 aliphatic carbocycles. The van der Waals surface area contributed by atoms with Crippen molar-refractivity contribution in [1.29, 1.82) is 0 Å². The first-order valence-electron chi connectivity index (χ1n) is 7.04. The average Bonchev–Trinajstić information content (AvgIpc) is 2.55. The Hall–Kier alpha value is -1.32. The third-order valence-electron chi connectivity index (χ3n) is 3.74. The van der Waals surface area contributed by atoms with Crippen LogP contribution in [-0.2, 0) is 3.42 Å². The van der Waals surface area contributed by atoms with E-state index in [1.807, 2.05) is 0 Å². The van der Waals surface area contributed by atoms with Crippen LogP contribution in [0.5, 0.6) is 0 Å². The van der Waals surface area contributed by atoms with Gasteiger partial charge in [0.25, 0.3) is 0 Å². The molecule has 2 aromatic carbocycles. The third kappa shape index (κ3) is 3.78. The van der Waals surface area contributed by atoms with E-state index in [0.717, 1.165) is 0 Å². The Bertz CT molecular complexity index is 656. The van der Waals surface area contributed by atoms with Crippen LogP contribution in [0.1, 0.15) is 17.5 Å². The monoisotopic (exact) mass is 476 g/mol. The zero-order chi connectivity index (χ0) is 18.9. The summed E-state index contributed by atoms with van der Waals surface area (Å²) in [5.74, 6) is -11.4. The molecule has 0 atom stereocenters. The van der Waals surface area contributed by atoms with E-state index < -0.39 is 27.9 Å². The summed E-state index contributed by atoms with van der Waals surface area (Å²) in [7, 11) is 0. The van der Waals surface area contributed by atoms with Gasteiger partial charge >= 0.3 is 18.0 Å². The molecule has 8 heteroatoms. The largest absolute Gasteiger partial charge is 0.459 e. The summed E-state index contributed by atoms with van der Waals surface area (Å²) in [6.07, 6.45) is -8.05. The number of halogens is 8. The van der Waals surface area contributed by atoms with Crippen molar-refractivity contribution in [2.45, 2.75) is 27.9 Å². The second-order valence-electron chi connectivity index (χ2n) is 5.49. The molecular weight excluding hydrogens is 464 g/mol. The summed E-state index contributed by atoms with van der Waals surface area (Å²) >= 11 is 1.52. The summed E-state index contributed by atoms with van der Waals surface area (Å²) in [5.41, 5.74) is 0.416. The second-order valence-corrected chi connectivity index (χ2v) is 7.33. The lowest BCUT2D eigenvalue weighted by molar-refractivity contribution is -0.356. The van der Waals surface area contributed by atoms with Crippen molar-refractivity contribution in [1.82, 2.24) is 0 Å². The van der Waals surface area contributed by atoms with E-state index in [0.29, 0.717) is 0 Å². The first-order chi connectivity index (χ1) is 11.4. The Labute approximate surface area is 153 Å². The molecule has 0 spiro atoms. The lowest BCUT2D eigenvalue weighted by Crippen LogP contribution is -2.54. The lowest BCUT2D eigenvalue weighted by atomic mass is 9.84. The van der Waals surface area contributed by atoms with Crippen LogP contribution in [0.2, 0.25) is 0 Å². The molecule has 0 N–H and O–H groups in total. The zero-order valence-electron chi connectivity index (χ0n) is 12.5. The fraction of sp³-hybridized carbons (Fsp3) is 0.294.